The molecule has 1 aromatic heterocycles. The molecule has 1 aromatic rings. The van der Waals surface area contributed by atoms with E-state index in [2.05, 4.69) is 4.98 Å². The molecule has 4 aliphatic carbocycles. The summed E-state index contributed by atoms with van der Waals surface area (Å²) >= 11 is 1.44. The second kappa shape index (κ2) is 7.62. The zero-order valence-corrected chi connectivity index (χ0v) is 18.2. The topological polar surface area (TPSA) is 76.6 Å². The van der Waals surface area contributed by atoms with Crippen LogP contribution in [0.2, 0.25) is 0 Å². The first-order chi connectivity index (χ1) is 13.9. The van der Waals surface area contributed by atoms with E-state index in [1.54, 1.807) is 12.1 Å². The average molecular weight is 437 g/mol. The minimum Gasteiger partial charge on any atom is -0.379 e. The number of ketones is 1. The maximum atomic E-state index is 13.1. The van der Waals surface area contributed by atoms with Crippen LogP contribution in [0.4, 0.5) is 0 Å². The third-order valence-electron chi connectivity index (χ3n) is 7.30. The van der Waals surface area contributed by atoms with Crippen molar-refractivity contribution in [3.63, 3.8) is 0 Å². The van der Waals surface area contributed by atoms with Gasteiger partial charge in [-0.25, -0.2) is 13.4 Å². The van der Waals surface area contributed by atoms with Crippen molar-refractivity contribution in [2.24, 2.45) is 23.2 Å². The standard InChI is InChI=1S/C21H28N2O4S2/c24-19(21-10-15-7-16(11-21)9-17(8-15)12-21)14-28-20-2-1-18(13-22-20)29(25,26)23-3-5-27-6-4-23/h1-2,13,15-17H,3-12,14H2. The summed E-state index contributed by atoms with van der Waals surface area (Å²) < 4.78 is 32.1. The van der Waals surface area contributed by atoms with Gasteiger partial charge in [-0.1, -0.05) is 11.8 Å². The second-order valence-corrected chi connectivity index (χ2v) is 12.2. The van der Waals surface area contributed by atoms with E-state index >= 15 is 0 Å². The van der Waals surface area contributed by atoms with Crippen LogP contribution in [-0.2, 0) is 19.6 Å². The summed E-state index contributed by atoms with van der Waals surface area (Å²) in [6, 6.07) is 3.33. The van der Waals surface area contributed by atoms with Gasteiger partial charge in [0.05, 0.1) is 24.0 Å². The number of aromatic nitrogens is 1. The number of sulfonamides is 1. The SMILES string of the molecule is O=C(CSc1ccc(S(=O)(=O)N2CCOCC2)cn1)C12CC3CC(CC(C3)C1)C2. The summed E-state index contributed by atoms with van der Waals surface area (Å²) in [4.78, 5) is 17.7. The van der Waals surface area contributed by atoms with Crippen LogP contribution in [0.1, 0.15) is 38.5 Å². The van der Waals surface area contributed by atoms with Crippen molar-refractivity contribution in [2.75, 3.05) is 32.1 Å². The zero-order chi connectivity index (χ0) is 20.1. The Bertz CT molecular complexity index is 843. The number of ether oxygens (including phenoxy) is 1. The third-order valence-corrected chi connectivity index (χ3v) is 10.1. The molecule has 29 heavy (non-hydrogen) atoms. The highest BCUT2D eigenvalue weighted by Gasteiger charge is 2.54. The fourth-order valence-corrected chi connectivity index (χ4v) is 8.52. The Balaban J connectivity index is 1.22. The van der Waals surface area contributed by atoms with E-state index in [0.717, 1.165) is 37.0 Å². The van der Waals surface area contributed by atoms with Crippen LogP contribution in [0.3, 0.4) is 0 Å². The van der Waals surface area contributed by atoms with Crippen LogP contribution in [0, 0.1) is 23.2 Å². The first-order valence-electron chi connectivity index (χ1n) is 10.6. The molecule has 6 nitrogen and oxygen atoms in total. The maximum absolute atomic E-state index is 13.1. The van der Waals surface area contributed by atoms with E-state index in [4.69, 9.17) is 4.74 Å². The van der Waals surface area contributed by atoms with Crippen LogP contribution in [0.25, 0.3) is 0 Å². The molecular formula is C21H28N2O4S2. The van der Waals surface area contributed by atoms with E-state index in [1.807, 2.05) is 0 Å². The molecule has 6 rings (SSSR count). The van der Waals surface area contributed by atoms with Crippen molar-refractivity contribution < 1.29 is 17.9 Å². The molecule has 0 spiro atoms. The molecule has 1 saturated heterocycles. The Morgan fingerprint density at radius 3 is 2.28 bits per heavy atom. The van der Waals surface area contributed by atoms with Crippen LogP contribution in [-0.4, -0.2) is 55.5 Å². The zero-order valence-electron chi connectivity index (χ0n) is 16.6. The van der Waals surface area contributed by atoms with Crippen LogP contribution >= 0.6 is 11.8 Å². The summed E-state index contributed by atoms with van der Waals surface area (Å²) in [5.74, 6) is 3.11. The molecular weight excluding hydrogens is 408 g/mol. The molecule has 0 aromatic carbocycles. The average Bonchev–Trinajstić information content (AvgIpc) is 2.72. The molecule has 2 heterocycles. The quantitative estimate of drug-likeness (QED) is 0.638. The van der Waals surface area contributed by atoms with Gasteiger partial charge in [0.25, 0.3) is 0 Å². The highest BCUT2D eigenvalue weighted by atomic mass is 32.2. The summed E-state index contributed by atoms with van der Waals surface area (Å²) in [7, 11) is -3.53. The first-order valence-corrected chi connectivity index (χ1v) is 13.1. The van der Waals surface area contributed by atoms with Crippen LogP contribution in [0.5, 0.6) is 0 Å². The van der Waals surface area contributed by atoms with Crippen LogP contribution in [0.15, 0.2) is 28.3 Å². The summed E-state index contributed by atoms with van der Waals surface area (Å²) in [6.07, 6.45) is 8.68. The third kappa shape index (κ3) is 3.77. The van der Waals surface area contributed by atoms with E-state index in [0.29, 0.717) is 42.9 Å². The molecule has 0 N–H and O–H groups in total. The number of rotatable bonds is 6. The molecule has 0 unspecified atom stereocenters. The number of carbonyl (C=O) groups excluding carboxylic acids is 1. The fraction of sp³-hybridized carbons (Fsp3) is 0.714. The van der Waals surface area contributed by atoms with Crippen molar-refractivity contribution >= 4 is 27.6 Å². The molecule has 8 heteroatoms. The van der Waals surface area contributed by atoms with Gasteiger partial charge in [-0.05, 0) is 68.4 Å². The Labute approximate surface area is 176 Å². The monoisotopic (exact) mass is 436 g/mol. The van der Waals surface area contributed by atoms with Gasteiger partial charge in [0.15, 0.2) is 0 Å². The van der Waals surface area contributed by atoms with Gasteiger partial charge < -0.3 is 4.74 Å². The predicted molar refractivity (Wildman–Crippen MR) is 110 cm³/mol. The molecule has 0 amide bonds. The highest BCUT2D eigenvalue weighted by molar-refractivity contribution is 7.99. The number of nitrogens with zero attached hydrogens (tertiary/aromatic N) is 2. The molecule has 0 radical (unpaired) electrons. The Morgan fingerprint density at radius 2 is 1.72 bits per heavy atom. The molecule has 158 valence electrons. The van der Waals surface area contributed by atoms with E-state index < -0.39 is 10.0 Å². The van der Waals surface area contributed by atoms with E-state index in [-0.39, 0.29) is 10.3 Å². The number of morpholine rings is 1. The Kier molecular flexibility index (Phi) is 5.25. The number of hydrogen-bond acceptors (Lipinski definition) is 6. The largest absolute Gasteiger partial charge is 0.379 e. The van der Waals surface area contributed by atoms with Gasteiger partial charge in [-0.3, -0.25) is 4.79 Å². The van der Waals surface area contributed by atoms with Crippen molar-refractivity contribution in [2.45, 2.75) is 48.4 Å². The molecule has 4 bridgehead atoms. The lowest BCUT2D eigenvalue weighted by Gasteiger charge is -2.56. The smallest absolute Gasteiger partial charge is 0.244 e. The van der Waals surface area contributed by atoms with Crippen LogP contribution < -0.4 is 0 Å². The van der Waals surface area contributed by atoms with Gasteiger partial charge in [-0.2, -0.15) is 4.31 Å². The minimum atomic E-state index is -3.53. The maximum Gasteiger partial charge on any atom is 0.244 e. The minimum absolute atomic E-state index is 0.0820. The summed E-state index contributed by atoms with van der Waals surface area (Å²) in [5, 5.41) is 0.712. The molecule has 0 atom stereocenters. The first kappa shape index (κ1) is 20.0. The van der Waals surface area contributed by atoms with Gasteiger partial charge >= 0.3 is 0 Å². The molecule has 1 aliphatic heterocycles. The van der Waals surface area contributed by atoms with Gasteiger partial charge in [0.2, 0.25) is 10.0 Å². The van der Waals surface area contributed by atoms with Crippen molar-refractivity contribution in [3.05, 3.63) is 18.3 Å². The molecule has 5 aliphatic rings. The Hall–Kier alpha value is -0.960. The lowest BCUT2D eigenvalue weighted by molar-refractivity contribution is -0.141. The number of carbonyl (C=O) groups is 1. The van der Waals surface area contributed by atoms with Crippen molar-refractivity contribution in [1.29, 1.82) is 0 Å². The number of hydrogen-bond donors (Lipinski definition) is 0. The molecule has 5 fully saturated rings. The van der Waals surface area contributed by atoms with Gasteiger partial charge in [0.1, 0.15) is 10.7 Å². The number of thioether (sulfide) groups is 1. The summed E-state index contributed by atoms with van der Waals surface area (Å²) in [6.45, 7) is 1.59. The van der Waals surface area contributed by atoms with Gasteiger partial charge in [0, 0.05) is 24.7 Å². The normalized spacial score (nSPS) is 34.4. The summed E-state index contributed by atoms with van der Waals surface area (Å²) in [5.41, 5.74) is -0.0820. The van der Waals surface area contributed by atoms with Gasteiger partial charge in [-0.15, -0.1) is 0 Å². The highest BCUT2D eigenvalue weighted by Crippen LogP contribution is 2.60. The second-order valence-electron chi connectivity index (χ2n) is 9.26. The predicted octanol–water partition coefficient (Wildman–Crippen LogP) is 2.98. The van der Waals surface area contributed by atoms with Crippen molar-refractivity contribution in [3.8, 4) is 0 Å². The van der Waals surface area contributed by atoms with E-state index in [1.165, 1.54) is 41.5 Å². The fourth-order valence-electron chi connectivity index (χ4n) is 6.29. The number of Topliss-reactive ketones (excluding diaryl/α,β-unsaturated/α-hetero) is 1. The van der Waals surface area contributed by atoms with Crippen molar-refractivity contribution in [1.82, 2.24) is 9.29 Å². The lowest BCUT2D eigenvalue weighted by atomic mass is 9.48. The molecule has 4 saturated carbocycles. The Morgan fingerprint density at radius 1 is 1.10 bits per heavy atom. The van der Waals surface area contributed by atoms with E-state index in [9.17, 15) is 13.2 Å². The lowest BCUT2D eigenvalue weighted by Crippen LogP contribution is -2.50. The number of pyridine rings is 1.